The molecular weight excluding hydrogens is 206 g/mol. The maximum Gasteiger partial charge on any atom is 0.106 e. The van der Waals surface area contributed by atoms with Crippen LogP contribution in [-0.2, 0) is 6.54 Å². The van der Waals surface area contributed by atoms with Gasteiger partial charge in [0.2, 0.25) is 0 Å². The third-order valence-electron chi connectivity index (χ3n) is 3.07. The van der Waals surface area contributed by atoms with Gasteiger partial charge >= 0.3 is 0 Å². The van der Waals surface area contributed by atoms with Crippen LogP contribution >= 0.6 is 11.3 Å². The third kappa shape index (κ3) is 3.55. The first-order chi connectivity index (χ1) is 6.83. The van der Waals surface area contributed by atoms with Crippen LogP contribution in [0, 0.1) is 5.41 Å². The topological polar surface area (TPSA) is 50.9 Å². The van der Waals surface area contributed by atoms with Gasteiger partial charge in [-0.2, -0.15) is 0 Å². The van der Waals surface area contributed by atoms with Crippen molar-refractivity contribution in [3.8, 4) is 0 Å². The van der Waals surface area contributed by atoms with Crippen molar-refractivity contribution in [2.45, 2.75) is 39.8 Å². The molecule has 4 heteroatoms. The van der Waals surface area contributed by atoms with E-state index in [1.807, 2.05) is 11.6 Å². The maximum absolute atomic E-state index is 6.12. The first-order valence-electron chi connectivity index (χ1n) is 5.21. The summed E-state index contributed by atoms with van der Waals surface area (Å²) in [5.74, 6) is 0. The summed E-state index contributed by atoms with van der Waals surface area (Å²) in [7, 11) is 0. The van der Waals surface area contributed by atoms with Crippen LogP contribution in [-0.4, -0.2) is 17.1 Å². The van der Waals surface area contributed by atoms with E-state index in [9.17, 15) is 0 Å². The monoisotopic (exact) mass is 227 g/mol. The maximum atomic E-state index is 6.12. The van der Waals surface area contributed by atoms with Gasteiger partial charge in [-0.15, -0.1) is 11.3 Å². The van der Waals surface area contributed by atoms with E-state index < -0.39 is 0 Å². The van der Waals surface area contributed by atoms with Crippen molar-refractivity contribution in [1.29, 1.82) is 0 Å². The zero-order valence-corrected chi connectivity index (χ0v) is 10.8. The van der Waals surface area contributed by atoms with Crippen LogP contribution in [0.2, 0.25) is 0 Å². The molecule has 0 amide bonds. The van der Waals surface area contributed by atoms with E-state index in [4.69, 9.17) is 5.73 Å². The average molecular weight is 227 g/mol. The fourth-order valence-electron chi connectivity index (χ4n) is 1.05. The van der Waals surface area contributed by atoms with E-state index in [0.717, 1.165) is 18.1 Å². The van der Waals surface area contributed by atoms with Crippen molar-refractivity contribution in [2.75, 3.05) is 6.54 Å². The summed E-state index contributed by atoms with van der Waals surface area (Å²) in [5, 5.41) is 6.52. The molecule has 15 heavy (non-hydrogen) atoms. The minimum atomic E-state index is -0.178. The van der Waals surface area contributed by atoms with Crippen molar-refractivity contribution in [2.24, 2.45) is 11.1 Å². The number of nitrogens with one attached hydrogen (secondary N) is 1. The van der Waals surface area contributed by atoms with Gasteiger partial charge in [-0.1, -0.05) is 13.8 Å². The first-order valence-corrected chi connectivity index (χ1v) is 6.09. The highest BCUT2D eigenvalue weighted by atomic mass is 32.1. The summed E-state index contributed by atoms with van der Waals surface area (Å²) < 4.78 is 0. The molecule has 1 rings (SSSR count). The summed E-state index contributed by atoms with van der Waals surface area (Å²) >= 11 is 1.68. The van der Waals surface area contributed by atoms with E-state index in [0.29, 0.717) is 0 Å². The lowest BCUT2D eigenvalue weighted by Gasteiger charge is -2.38. The van der Waals surface area contributed by atoms with Crippen LogP contribution in [0.1, 0.15) is 32.7 Å². The Morgan fingerprint density at radius 2 is 2.07 bits per heavy atom. The van der Waals surface area contributed by atoms with E-state index in [1.165, 1.54) is 0 Å². The van der Waals surface area contributed by atoms with Crippen LogP contribution < -0.4 is 11.1 Å². The molecule has 86 valence electrons. The largest absolute Gasteiger partial charge is 0.325 e. The van der Waals surface area contributed by atoms with E-state index in [1.54, 1.807) is 11.3 Å². The fourth-order valence-corrected chi connectivity index (χ4v) is 1.64. The summed E-state index contributed by atoms with van der Waals surface area (Å²) in [5.41, 5.74) is 6.02. The van der Waals surface area contributed by atoms with Crippen molar-refractivity contribution < 1.29 is 0 Å². The van der Waals surface area contributed by atoms with E-state index >= 15 is 0 Å². The predicted octanol–water partition coefficient (Wildman–Crippen LogP) is 2.00. The van der Waals surface area contributed by atoms with Gasteiger partial charge in [0.25, 0.3) is 0 Å². The molecule has 0 aromatic carbocycles. The van der Waals surface area contributed by atoms with Crippen LogP contribution in [0.3, 0.4) is 0 Å². The zero-order chi connectivity index (χ0) is 11.5. The second-order valence-corrected chi connectivity index (χ2v) is 6.11. The molecular formula is C11H21N3S. The molecule has 1 aromatic rings. The number of hydrogen-bond acceptors (Lipinski definition) is 4. The number of nitrogens with two attached hydrogens (primary N) is 1. The molecule has 0 bridgehead atoms. The molecule has 3 nitrogen and oxygen atoms in total. The first kappa shape index (κ1) is 12.6. The molecule has 1 heterocycles. The average Bonchev–Trinajstić information content (AvgIpc) is 2.54. The van der Waals surface area contributed by atoms with Crippen molar-refractivity contribution in [1.82, 2.24) is 10.3 Å². The fraction of sp³-hybridized carbons (Fsp3) is 0.727. The Hall–Kier alpha value is -0.450. The molecule has 3 N–H and O–H groups in total. The predicted molar refractivity (Wildman–Crippen MR) is 65.9 cm³/mol. The van der Waals surface area contributed by atoms with Gasteiger partial charge in [0.1, 0.15) is 5.01 Å². The summed E-state index contributed by atoms with van der Waals surface area (Å²) in [6, 6.07) is 0. The Morgan fingerprint density at radius 3 is 2.53 bits per heavy atom. The second kappa shape index (κ2) is 4.60. The highest BCUT2D eigenvalue weighted by Gasteiger charge is 2.32. The SMILES string of the molecule is CC(C)(N)C(C)(C)CNCc1nccs1. The normalized spacial score (nSPS) is 13.1. The Morgan fingerprint density at radius 1 is 1.40 bits per heavy atom. The molecule has 0 spiro atoms. The summed E-state index contributed by atoms with van der Waals surface area (Å²) in [4.78, 5) is 4.22. The van der Waals surface area contributed by atoms with Crippen LogP contribution in [0.25, 0.3) is 0 Å². The number of rotatable bonds is 5. The smallest absolute Gasteiger partial charge is 0.106 e. The van der Waals surface area contributed by atoms with Gasteiger partial charge in [0, 0.05) is 30.2 Å². The van der Waals surface area contributed by atoms with Crippen LogP contribution in [0.15, 0.2) is 11.6 Å². The Bertz CT molecular complexity index is 285. The van der Waals surface area contributed by atoms with Crippen molar-refractivity contribution >= 4 is 11.3 Å². The lowest BCUT2D eigenvalue weighted by atomic mass is 9.75. The Labute approximate surface area is 96.1 Å². The van der Waals surface area contributed by atoms with Gasteiger partial charge in [-0.25, -0.2) is 4.98 Å². The summed E-state index contributed by atoms with van der Waals surface area (Å²) in [6.45, 7) is 10.2. The molecule has 0 aliphatic carbocycles. The molecule has 0 unspecified atom stereocenters. The molecule has 1 aromatic heterocycles. The standard InChI is InChI=1S/C11H21N3S/c1-10(2,11(3,4)12)8-13-7-9-14-5-6-15-9/h5-6,13H,7-8,12H2,1-4H3. The number of thiazole rings is 1. The third-order valence-corrected chi connectivity index (χ3v) is 3.85. The van der Waals surface area contributed by atoms with Gasteiger partial charge < -0.3 is 11.1 Å². The van der Waals surface area contributed by atoms with Gasteiger partial charge in [0.15, 0.2) is 0 Å². The molecule has 0 radical (unpaired) electrons. The molecule has 0 aliphatic rings. The number of nitrogens with zero attached hydrogens (tertiary/aromatic N) is 1. The van der Waals surface area contributed by atoms with E-state index in [2.05, 4.69) is 38.0 Å². The molecule has 0 aliphatic heterocycles. The van der Waals surface area contributed by atoms with Crippen LogP contribution in [0.5, 0.6) is 0 Å². The lowest BCUT2D eigenvalue weighted by molar-refractivity contribution is 0.194. The van der Waals surface area contributed by atoms with Gasteiger partial charge in [-0.05, 0) is 19.3 Å². The Kier molecular flexibility index (Phi) is 3.87. The van der Waals surface area contributed by atoms with Gasteiger partial charge in [-0.3, -0.25) is 0 Å². The molecule has 0 atom stereocenters. The molecule has 0 saturated heterocycles. The number of hydrogen-bond donors (Lipinski definition) is 2. The highest BCUT2D eigenvalue weighted by Crippen LogP contribution is 2.27. The second-order valence-electron chi connectivity index (χ2n) is 5.13. The van der Waals surface area contributed by atoms with E-state index in [-0.39, 0.29) is 11.0 Å². The zero-order valence-electron chi connectivity index (χ0n) is 10.0. The van der Waals surface area contributed by atoms with Crippen molar-refractivity contribution in [3.05, 3.63) is 16.6 Å². The molecule has 0 fully saturated rings. The minimum Gasteiger partial charge on any atom is -0.325 e. The lowest BCUT2D eigenvalue weighted by Crippen LogP contribution is -2.52. The summed E-state index contributed by atoms with van der Waals surface area (Å²) in [6.07, 6.45) is 1.83. The molecule has 0 saturated carbocycles. The van der Waals surface area contributed by atoms with Gasteiger partial charge in [0.05, 0.1) is 0 Å². The number of aromatic nitrogens is 1. The quantitative estimate of drug-likeness (QED) is 0.809. The highest BCUT2D eigenvalue weighted by molar-refractivity contribution is 7.09. The Balaban J connectivity index is 2.37. The van der Waals surface area contributed by atoms with Crippen LogP contribution in [0.4, 0.5) is 0 Å². The minimum absolute atomic E-state index is 0.0737. The van der Waals surface area contributed by atoms with Crippen molar-refractivity contribution in [3.63, 3.8) is 0 Å².